The van der Waals surface area contributed by atoms with Crippen LogP contribution in [0.15, 0.2) is 42.5 Å². The molecular formula is C18H18N2S. The molecule has 0 aromatic heterocycles. The lowest BCUT2D eigenvalue weighted by Crippen LogP contribution is -2.24. The van der Waals surface area contributed by atoms with Gasteiger partial charge in [0.15, 0.2) is 0 Å². The van der Waals surface area contributed by atoms with E-state index in [4.69, 9.17) is 5.26 Å². The van der Waals surface area contributed by atoms with Crippen LogP contribution in [0.2, 0.25) is 0 Å². The Kier molecular flexibility index (Phi) is 4.28. The summed E-state index contributed by atoms with van der Waals surface area (Å²) in [4.78, 5) is 0. The first kappa shape index (κ1) is 14.2. The van der Waals surface area contributed by atoms with Gasteiger partial charge in [0.25, 0.3) is 0 Å². The van der Waals surface area contributed by atoms with E-state index in [9.17, 15) is 0 Å². The number of hydrogen-bond acceptors (Lipinski definition) is 3. The molecule has 3 heteroatoms. The Morgan fingerprint density at radius 3 is 2.57 bits per heavy atom. The molecule has 0 saturated heterocycles. The summed E-state index contributed by atoms with van der Waals surface area (Å²) in [7, 11) is 0. The normalized spacial score (nSPS) is 14.5. The van der Waals surface area contributed by atoms with Gasteiger partial charge in [0.1, 0.15) is 0 Å². The second-order valence-electron chi connectivity index (χ2n) is 5.31. The van der Waals surface area contributed by atoms with Crippen molar-refractivity contribution in [2.45, 2.75) is 19.4 Å². The summed E-state index contributed by atoms with van der Waals surface area (Å²) in [5.41, 5.74) is 6.50. The molecule has 0 spiro atoms. The molecule has 0 saturated carbocycles. The van der Waals surface area contributed by atoms with Crippen molar-refractivity contribution >= 4 is 11.9 Å². The van der Waals surface area contributed by atoms with Crippen molar-refractivity contribution in [3.63, 3.8) is 0 Å². The fourth-order valence-corrected chi connectivity index (χ4v) is 3.31. The summed E-state index contributed by atoms with van der Waals surface area (Å²) >= 11 is 1.82. The van der Waals surface area contributed by atoms with E-state index in [0.717, 1.165) is 25.1 Å². The molecule has 2 nitrogen and oxygen atoms in total. The zero-order valence-electron chi connectivity index (χ0n) is 12.2. The van der Waals surface area contributed by atoms with Gasteiger partial charge in [0.05, 0.1) is 12.5 Å². The maximum absolute atomic E-state index is 8.72. The Hall–Kier alpha value is -1.76. The standard InChI is InChI=1S/C18H18N2S/c1-21-20-11-9-17-12-16(6-7-18(17)13-20)15-4-2-14(3-5-15)8-10-19/h2-7,12H,8-9,11,13H2,1H3. The molecule has 21 heavy (non-hydrogen) atoms. The topological polar surface area (TPSA) is 27.0 Å². The third-order valence-electron chi connectivity index (χ3n) is 4.01. The van der Waals surface area contributed by atoms with Crippen LogP contribution >= 0.6 is 11.9 Å². The van der Waals surface area contributed by atoms with Gasteiger partial charge in [0.2, 0.25) is 0 Å². The highest BCUT2D eigenvalue weighted by Gasteiger charge is 2.15. The van der Waals surface area contributed by atoms with Crippen molar-refractivity contribution in [3.05, 3.63) is 59.2 Å². The van der Waals surface area contributed by atoms with E-state index in [1.54, 1.807) is 0 Å². The molecule has 0 radical (unpaired) electrons. The number of nitriles is 1. The Labute approximate surface area is 130 Å². The van der Waals surface area contributed by atoms with Gasteiger partial charge in [-0.25, -0.2) is 4.31 Å². The van der Waals surface area contributed by atoms with Gasteiger partial charge >= 0.3 is 0 Å². The minimum absolute atomic E-state index is 0.481. The highest BCUT2D eigenvalue weighted by molar-refractivity contribution is 7.96. The van der Waals surface area contributed by atoms with E-state index in [-0.39, 0.29) is 0 Å². The van der Waals surface area contributed by atoms with Gasteiger partial charge in [-0.1, -0.05) is 54.4 Å². The zero-order chi connectivity index (χ0) is 14.7. The van der Waals surface area contributed by atoms with Crippen molar-refractivity contribution in [1.82, 2.24) is 4.31 Å². The molecule has 0 bridgehead atoms. The molecule has 2 aromatic rings. The molecule has 2 aromatic carbocycles. The molecule has 0 fully saturated rings. The Bertz CT molecular complexity index is 671. The van der Waals surface area contributed by atoms with Crippen LogP contribution in [-0.2, 0) is 19.4 Å². The zero-order valence-corrected chi connectivity index (χ0v) is 13.0. The van der Waals surface area contributed by atoms with Gasteiger partial charge < -0.3 is 0 Å². The summed E-state index contributed by atoms with van der Waals surface area (Å²) in [5, 5.41) is 8.72. The van der Waals surface area contributed by atoms with Crippen molar-refractivity contribution in [2.24, 2.45) is 0 Å². The van der Waals surface area contributed by atoms with E-state index in [0.29, 0.717) is 6.42 Å². The molecule has 106 valence electrons. The van der Waals surface area contributed by atoms with Crippen LogP contribution in [-0.4, -0.2) is 17.1 Å². The Morgan fingerprint density at radius 2 is 1.86 bits per heavy atom. The first-order valence-electron chi connectivity index (χ1n) is 7.17. The van der Waals surface area contributed by atoms with Crippen LogP contribution in [0.25, 0.3) is 11.1 Å². The highest BCUT2D eigenvalue weighted by Crippen LogP contribution is 2.28. The minimum atomic E-state index is 0.481. The monoisotopic (exact) mass is 294 g/mol. The third kappa shape index (κ3) is 3.12. The maximum Gasteiger partial charge on any atom is 0.0669 e. The largest absolute Gasteiger partial charge is 0.246 e. The first-order chi connectivity index (χ1) is 10.3. The Balaban J connectivity index is 1.85. The van der Waals surface area contributed by atoms with Gasteiger partial charge in [-0.15, -0.1) is 0 Å². The molecule has 0 atom stereocenters. The molecule has 0 N–H and O–H groups in total. The predicted octanol–water partition coefficient (Wildman–Crippen LogP) is 4.06. The van der Waals surface area contributed by atoms with Crippen LogP contribution in [0.5, 0.6) is 0 Å². The van der Waals surface area contributed by atoms with E-state index in [1.165, 1.54) is 22.3 Å². The van der Waals surface area contributed by atoms with Crippen LogP contribution in [0, 0.1) is 11.3 Å². The van der Waals surface area contributed by atoms with Crippen LogP contribution in [0.3, 0.4) is 0 Å². The van der Waals surface area contributed by atoms with Crippen molar-refractivity contribution in [1.29, 1.82) is 5.26 Å². The third-order valence-corrected chi connectivity index (χ3v) is 4.84. The number of rotatable bonds is 3. The quantitative estimate of drug-likeness (QED) is 0.799. The fraction of sp³-hybridized carbons (Fsp3) is 0.278. The average molecular weight is 294 g/mol. The second kappa shape index (κ2) is 6.34. The molecule has 0 amide bonds. The van der Waals surface area contributed by atoms with E-state index in [2.05, 4.69) is 47.0 Å². The van der Waals surface area contributed by atoms with Crippen molar-refractivity contribution < 1.29 is 0 Å². The summed E-state index contributed by atoms with van der Waals surface area (Å²) in [5.74, 6) is 0. The lowest BCUT2D eigenvalue weighted by molar-refractivity contribution is 0.446. The summed E-state index contributed by atoms with van der Waals surface area (Å²) in [6.45, 7) is 2.16. The predicted molar refractivity (Wildman–Crippen MR) is 88.8 cm³/mol. The second-order valence-corrected chi connectivity index (χ2v) is 6.19. The minimum Gasteiger partial charge on any atom is -0.246 e. The molecule has 1 heterocycles. The van der Waals surface area contributed by atoms with Crippen molar-refractivity contribution in [2.75, 3.05) is 12.8 Å². The lowest BCUT2D eigenvalue weighted by atomic mass is 9.95. The van der Waals surface area contributed by atoms with Crippen LogP contribution < -0.4 is 0 Å². The van der Waals surface area contributed by atoms with Gasteiger partial charge in [0, 0.05) is 13.1 Å². The fourth-order valence-electron chi connectivity index (χ4n) is 2.77. The number of hydrogen-bond donors (Lipinski definition) is 0. The molecule has 0 unspecified atom stereocenters. The van der Waals surface area contributed by atoms with Gasteiger partial charge in [-0.05, 0) is 40.5 Å². The first-order valence-corrected chi connectivity index (χ1v) is 8.35. The molecular weight excluding hydrogens is 276 g/mol. The molecule has 1 aliphatic heterocycles. The average Bonchev–Trinajstić information content (AvgIpc) is 2.55. The smallest absolute Gasteiger partial charge is 0.0669 e. The summed E-state index contributed by atoms with van der Waals surface area (Å²) in [6.07, 6.45) is 3.74. The molecule has 0 aliphatic carbocycles. The van der Waals surface area contributed by atoms with E-state index < -0.39 is 0 Å². The maximum atomic E-state index is 8.72. The Morgan fingerprint density at radius 1 is 1.10 bits per heavy atom. The van der Waals surface area contributed by atoms with E-state index in [1.807, 2.05) is 24.1 Å². The SMILES string of the molecule is CSN1CCc2cc(-c3ccc(CC#N)cc3)ccc2C1. The van der Waals surface area contributed by atoms with Crippen molar-refractivity contribution in [3.8, 4) is 17.2 Å². The summed E-state index contributed by atoms with van der Waals surface area (Å²) in [6, 6.07) is 17.3. The van der Waals surface area contributed by atoms with Crippen LogP contribution in [0.4, 0.5) is 0 Å². The highest BCUT2D eigenvalue weighted by atomic mass is 32.2. The lowest BCUT2D eigenvalue weighted by Gasteiger charge is -2.26. The summed E-state index contributed by atoms with van der Waals surface area (Å²) < 4.78 is 2.40. The van der Waals surface area contributed by atoms with Gasteiger partial charge in [-0.3, -0.25) is 0 Å². The van der Waals surface area contributed by atoms with E-state index >= 15 is 0 Å². The van der Waals surface area contributed by atoms with Crippen LogP contribution in [0.1, 0.15) is 16.7 Å². The number of nitrogens with zero attached hydrogens (tertiary/aromatic N) is 2. The number of benzene rings is 2. The number of fused-ring (bicyclic) bond motifs is 1. The molecule has 1 aliphatic rings. The van der Waals surface area contributed by atoms with Gasteiger partial charge in [-0.2, -0.15) is 5.26 Å². The molecule has 3 rings (SSSR count).